The molecule has 2 aromatic carbocycles. The molecule has 0 aliphatic carbocycles. The van der Waals surface area contributed by atoms with Gasteiger partial charge in [-0.05, 0) is 35.0 Å². The van der Waals surface area contributed by atoms with Crippen LogP contribution < -0.4 is 4.74 Å². The second-order valence-electron chi connectivity index (χ2n) is 2.97. The molecule has 0 saturated carbocycles. The average Bonchev–Trinajstić information content (AvgIpc) is 2.26. The van der Waals surface area contributed by atoms with E-state index >= 15 is 0 Å². The van der Waals surface area contributed by atoms with Crippen LogP contribution in [0.1, 0.15) is 0 Å². The summed E-state index contributed by atoms with van der Waals surface area (Å²) in [7, 11) is 0. The first kappa shape index (κ1) is 9.53. The number of fused-ring (bicyclic) bond motifs is 1. The number of hydrogen-bond donors (Lipinski definition) is 0. The molecule has 1 radical (unpaired) electrons. The number of benzene rings is 2. The zero-order valence-electron chi connectivity index (χ0n) is 7.66. The molecule has 0 heterocycles. The van der Waals surface area contributed by atoms with Crippen LogP contribution in [-0.4, -0.2) is 11.9 Å². The molecule has 0 fully saturated rings. The molecule has 0 aliphatic heterocycles. The molecule has 0 saturated heterocycles. The van der Waals surface area contributed by atoms with Crippen molar-refractivity contribution in [3.63, 3.8) is 0 Å². The fourth-order valence-corrected chi connectivity index (χ4v) is 1.51. The smallest absolute Gasteiger partial charge is 0.119 e. The number of alkyl halides is 1. The van der Waals surface area contributed by atoms with E-state index in [4.69, 9.17) is 4.74 Å². The summed E-state index contributed by atoms with van der Waals surface area (Å²) in [5.74, 6) is 0.920. The predicted molar refractivity (Wildman–Crippen MR) is 62.1 cm³/mol. The lowest BCUT2D eigenvalue weighted by Crippen LogP contribution is -1.97. The summed E-state index contributed by atoms with van der Waals surface area (Å²) in [5.41, 5.74) is 0. The SMILES string of the molecule is BrCCOc1ccc2c[c]ccc2c1. The predicted octanol–water partition coefficient (Wildman–Crippen LogP) is 3.41. The van der Waals surface area contributed by atoms with E-state index in [0.717, 1.165) is 11.1 Å². The molecule has 0 unspecified atom stereocenters. The third-order valence-electron chi connectivity index (χ3n) is 2.00. The molecule has 0 atom stereocenters. The third kappa shape index (κ3) is 2.07. The van der Waals surface area contributed by atoms with E-state index in [1.54, 1.807) is 0 Å². The summed E-state index contributed by atoms with van der Waals surface area (Å²) in [5, 5.41) is 3.24. The lowest BCUT2D eigenvalue weighted by Gasteiger charge is -2.04. The number of ether oxygens (including phenoxy) is 1. The van der Waals surface area contributed by atoms with Crippen LogP contribution in [0.3, 0.4) is 0 Å². The van der Waals surface area contributed by atoms with E-state index in [2.05, 4.69) is 28.1 Å². The quantitative estimate of drug-likeness (QED) is 0.758. The highest BCUT2D eigenvalue weighted by atomic mass is 79.9. The van der Waals surface area contributed by atoms with Crippen molar-refractivity contribution >= 4 is 26.7 Å². The Bertz CT molecular complexity index is 425. The van der Waals surface area contributed by atoms with Gasteiger partial charge in [0, 0.05) is 5.33 Å². The van der Waals surface area contributed by atoms with Crippen LogP contribution in [-0.2, 0) is 0 Å². The number of halogens is 1. The maximum Gasteiger partial charge on any atom is 0.119 e. The van der Waals surface area contributed by atoms with Crippen molar-refractivity contribution in [2.24, 2.45) is 0 Å². The lowest BCUT2D eigenvalue weighted by molar-refractivity contribution is 0.345. The van der Waals surface area contributed by atoms with Crippen LogP contribution >= 0.6 is 15.9 Å². The molecule has 0 amide bonds. The minimum Gasteiger partial charge on any atom is -0.493 e. The van der Waals surface area contributed by atoms with Gasteiger partial charge in [0.25, 0.3) is 0 Å². The Morgan fingerprint density at radius 2 is 2.14 bits per heavy atom. The van der Waals surface area contributed by atoms with Gasteiger partial charge in [0.1, 0.15) is 5.75 Å². The molecular weight excluding hydrogens is 240 g/mol. The molecule has 71 valence electrons. The van der Waals surface area contributed by atoms with Gasteiger partial charge in [0.05, 0.1) is 6.61 Å². The Balaban J connectivity index is 2.32. The molecule has 2 rings (SSSR count). The third-order valence-corrected chi connectivity index (χ3v) is 2.33. The largest absolute Gasteiger partial charge is 0.493 e. The van der Waals surface area contributed by atoms with Crippen LogP contribution in [0.4, 0.5) is 0 Å². The highest BCUT2D eigenvalue weighted by Gasteiger charge is 1.95. The average molecular weight is 250 g/mol. The summed E-state index contributed by atoms with van der Waals surface area (Å²) in [6.45, 7) is 0.699. The zero-order chi connectivity index (χ0) is 9.80. The molecule has 2 heteroatoms. The Labute approximate surface area is 91.8 Å². The van der Waals surface area contributed by atoms with Gasteiger partial charge in [-0.15, -0.1) is 0 Å². The van der Waals surface area contributed by atoms with Gasteiger partial charge in [-0.3, -0.25) is 0 Å². The van der Waals surface area contributed by atoms with Gasteiger partial charge in [-0.1, -0.05) is 34.1 Å². The molecule has 2 aromatic rings. The second-order valence-corrected chi connectivity index (χ2v) is 3.77. The van der Waals surface area contributed by atoms with Crippen molar-refractivity contribution in [1.29, 1.82) is 0 Å². The van der Waals surface area contributed by atoms with Crippen LogP contribution in [0, 0.1) is 6.07 Å². The molecule has 0 aliphatic rings. The minimum atomic E-state index is 0.699. The molecule has 0 N–H and O–H groups in total. The molecule has 0 spiro atoms. The van der Waals surface area contributed by atoms with E-state index in [0.29, 0.717) is 6.61 Å². The van der Waals surface area contributed by atoms with E-state index < -0.39 is 0 Å². The molecule has 0 bridgehead atoms. The zero-order valence-corrected chi connectivity index (χ0v) is 9.25. The molecule has 0 aromatic heterocycles. The highest BCUT2D eigenvalue weighted by molar-refractivity contribution is 9.09. The van der Waals surface area contributed by atoms with Crippen molar-refractivity contribution in [2.75, 3.05) is 11.9 Å². The van der Waals surface area contributed by atoms with Gasteiger partial charge in [-0.25, -0.2) is 0 Å². The maximum atomic E-state index is 5.51. The maximum absolute atomic E-state index is 5.51. The standard InChI is InChI=1S/C12H10BrO/c13-7-8-14-12-6-5-10-3-1-2-4-11(10)9-12/h2-6,9H,7-8H2. The van der Waals surface area contributed by atoms with Crippen molar-refractivity contribution in [2.45, 2.75) is 0 Å². The summed E-state index contributed by atoms with van der Waals surface area (Å²) >= 11 is 3.33. The van der Waals surface area contributed by atoms with Gasteiger partial charge in [-0.2, -0.15) is 0 Å². The minimum absolute atomic E-state index is 0.699. The van der Waals surface area contributed by atoms with Gasteiger partial charge in [0.15, 0.2) is 0 Å². The van der Waals surface area contributed by atoms with E-state index in [1.807, 2.05) is 30.3 Å². The van der Waals surface area contributed by atoms with Crippen LogP contribution in [0.15, 0.2) is 36.4 Å². The van der Waals surface area contributed by atoms with Crippen LogP contribution in [0.2, 0.25) is 0 Å². The topological polar surface area (TPSA) is 9.23 Å². The Hall–Kier alpha value is -1.02. The monoisotopic (exact) mass is 249 g/mol. The van der Waals surface area contributed by atoms with Crippen LogP contribution in [0.25, 0.3) is 10.8 Å². The van der Waals surface area contributed by atoms with Crippen molar-refractivity contribution in [3.05, 3.63) is 42.5 Å². The number of rotatable bonds is 3. The number of hydrogen-bond acceptors (Lipinski definition) is 1. The first-order chi connectivity index (χ1) is 6.90. The fourth-order valence-electron chi connectivity index (χ4n) is 1.35. The van der Waals surface area contributed by atoms with E-state index in [-0.39, 0.29) is 0 Å². The van der Waals surface area contributed by atoms with E-state index in [9.17, 15) is 0 Å². The van der Waals surface area contributed by atoms with Crippen molar-refractivity contribution < 1.29 is 4.74 Å². The Morgan fingerprint density at radius 3 is 3.00 bits per heavy atom. The summed E-state index contributed by atoms with van der Waals surface area (Å²) in [6.07, 6.45) is 0. The highest BCUT2D eigenvalue weighted by Crippen LogP contribution is 2.20. The summed E-state index contributed by atoms with van der Waals surface area (Å²) in [4.78, 5) is 0. The Kier molecular flexibility index (Phi) is 3.04. The van der Waals surface area contributed by atoms with Gasteiger partial charge >= 0.3 is 0 Å². The molecular formula is C12H10BrO. The summed E-state index contributed by atoms with van der Waals surface area (Å²) < 4.78 is 5.51. The fraction of sp³-hybridized carbons (Fsp3) is 0.167. The normalized spacial score (nSPS) is 10.4. The van der Waals surface area contributed by atoms with E-state index in [1.165, 1.54) is 10.8 Å². The van der Waals surface area contributed by atoms with Gasteiger partial charge < -0.3 is 4.74 Å². The summed E-state index contributed by atoms with van der Waals surface area (Å²) in [6, 6.07) is 15.1. The van der Waals surface area contributed by atoms with Crippen molar-refractivity contribution in [3.8, 4) is 5.75 Å². The first-order valence-corrected chi connectivity index (χ1v) is 5.61. The lowest BCUT2D eigenvalue weighted by atomic mass is 10.1. The first-order valence-electron chi connectivity index (χ1n) is 4.49. The Morgan fingerprint density at radius 1 is 1.21 bits per heavy atom. The van der Waals surface area contributed by atoms with Crippen molar-refractivity contribution in [1.82, 2.24) is 0 Å². The second kappa shape index (κ2) is 4.47. The van der Waals surface area contributed by atoms with Gasteiger partial charge in [0.2, 0.25) is 0 Å². The molecule has 14 heavy (non-hydrogen) atoms. The molecule has 1 nitrogen and oxygen atoms in total. The van der Waals surface area contributed by atoms with Crippen LogP contribution in [0.5, 0.6) is 5.75 Å².